The highest BCUT2D eigenvalue weighted by Gasteiger charge is 2.22. The van der Waals surface area contributed by atoms with E-state index in [0.717, 1.165) is 12.6 Å². The molecule has 0 spiro atoms. The van der Waals surface area contributed by atoms with E-state index in [1.165, 1.54) is 18.4 Å². The van der Waals surface area contributed by atoms with Gasteiger partial charge in [0, 0.05) is 30.4 Å². The van der Waals surface area contributed by atoms with Crippen molar-refractivity contribution in [2.24, 2.45) is 0 Å². The van der Waals surface area contributed by atoms with Gasteiger partial charge in [-0.15, -0.1) is 0 Å². The number of nitrogens with one attached hydrogen (secondary N) is 1. The second-order valence-corrected chi connectivity index (χ2v) is 6.15. The van der Waals surface area contributed by atoms with Gasteiger partial charge in [0.25, 0.3) is 0 Å². The largest absolute Gasteiger partial charge is 0.476 e. The van der Waals surface area contributed by atoms with Gasteiger partial charge in [-0.2, -0.15) is 0 Å². The second kappa shape index (κ2) is 5.88. The molecule has 1 aromatic rings. The average Bonchev–Trinajstić information content (AvgIpc) is 3.18. The Hall–Kier alpha value is -1.13. The molecule has 4 heteroatoms. The quantitative estimate of drug-likeness (QED) is 0.817. The van der Waals surface area contributed by atoms with Gasteiger partial charge < -0.3 is 15.0 Å². The van der Waals surface area contributed by atoms with Crippen LogP contribution in [0.1, 0.15) is 32.3 Å². The van der Waals surface area contributed by atoms with E-state index in [0.29, 0.717) is 12.5 Å². The van der Waals surface area contributed by atoms with Crippen LogP contribution < -0.4 is 10.1 Å². The summed E-state index contributed by atoms with van der Waals surface area (Å²) in [5, 5.41) is 3.50. The van der Waals surface area contributed by atoms with Crippen LogP contribution in [0.4, 0.5) is 0 Å². The molecule has 0 amide bonds. The number of hydrogen-bond donors (Lipinski definition) is 1. The predicted molar refractivity (Wildman–Crippen MR) is 77.4 cm³/mol. The number of hydrogen-bond acceptors (Lipinski definition) is 4. The monoisotopic (exact) mass is 263 g/mol. The van der Waals surface area contributed by atoms with Crippen LogP contribution in [0.3, 0.4) is 0 Å². The van der Waals surface area contributed by atoms with Crippen molar-refractivity contribution in [3.05, 3.63) is 23.9 Å². The third-order valence-electron chi connectivity index (χ3n) is 3.76. The average molecular weight is 263 g/mol. The van der Waals surface area contributed by atoms with Gasteiger partial charge in [-0.1, -0.05) is 0 Å². The molecule has 4 nitrogen and oxygen atoms in total. The lowest BCUT2D eigenvalue weighted by Gasteiger charge is -2.31. The van der Waals surface area contributed by atoms with Gasteiger partial charge in [-0.05, 0) is 52.4 Å². The van der Waals surface area contributed by atoms with Gasteiger partial charge in [0.05, 0.1) is 0 Å². The molecule has 0 unspecified atom stereocenters. The summed E-state index contributed by atoms with van der Waals surface area (Å²) in [6, 6.07) is 4.80. The predicted octanol–water partition coefficient (Wildman–Crippen LogP) is 2.05. The van der Waals surface area contributed by atoms with Crippen LogP contribution in [0.5, 0.6) is 5.88 Å². The van der Waals surface area contributed by atoms with Gasteiger partial charge in [0.2, 0.25) is 5.88 Å². The second-order valence-electron chi connectivity index (χ2n) is 6.15. The first-order valence-corrected chi connectivity index (χ1v) is 6.96. The molecule has 1 heterocycles. The Labute approximate surface area is 116 Å². The minimum Gasteiger partial charge on any atom is -0.476 e. The normalized spacial score (nSPS) is 15.8. The van der Waals surface area contributed by atoms with E-state index < -0.39 is 0 Å². The molecule has 1 aliphatic carbocycles. The fourth-order valence-electron chi connectivity index (χ4n) is 1.57. The van der Waals surface area contributed by atoms with Gasteiger partial charge in [0.15, 0.2) is 0 Å². The first-order chi connectivity index (χ1) is 8.97. The summed E-state index contributed by atoms with van der Waals surface area (Å²) in [6.07, 6.45) is 4.44. The highest BCUT2D eigenvalue weighted by molar-refractivity contribution is 5.20. The highest BCUT2D eigenvalue weighted by atomic mass is 16.5. The first kappa shape index (κ1) is 14.3. The Kier molecular flexibility index (Phi) is 4.42. The summed E-state index contributed by atoms with van der Waals surface area (Å²) in [7, 11) is 4.12. The van der Waals surface area contributed by atoms with Crippen LogP contribution in [0.25, 0.3) is 0 Å². The third-order valence-corrected chi connectivity index (χ3v) is 3.76. The van der Waals surface area contributed by atoms with E-state index in [1.807, 2.05) is 18.3 Å². The summed E-state index contributed by atoms with van der Waals surface area (Å²) >= 11 is 0. The molecule has 0 aromatic carbocycles. The molecule has 0 saturated heterocycles. The van der Waals surface area contributed by atoms with Crippen molar-refractivity contribution in [3.8, 4) is 5.88 Å². The Morgan fingerprint density at radius 2 is 2.16 bits per heavy atom. The molecule has 1 N–H and O–H groups in total. The SMILES string of the molecule is CN(C)C(C)(C)COc1cc(CNC2CC2)ccn1. The lowest BCUT2D eigenvalue weighted by molar-refractivity contribution is 0.111. The van der Waals surface area contributed by atoms with Crippen molar-refractivity contribution >= 4 is 0 Å². The zero-order valence-corrected chi connectivity index (χ0v) is 12.4. The zero-order valence-electron chi connectivity index (χ0n) is 12.4. The summed E-state index contributed by atoms with van der Waals surface area (Å²) in [5.74, 6) is 0.713. The van der Waals surface area contributed by atoms with E-state index >= 15 is 0 Å². The van der Waals surface area contributed by atoms with Crippen molar-refractivity contribution < 1.29 is 4.74 Å². The lowest BCUT2D eigenvalue weighted by atomic mass is 10.1. The Morgan fingerprint density at radius 1 is 1.42 bits per heavy atom. The lowest BCUT2D eigenvalue weighted by Crippen LogP contribution is -2.43. The fraction of sp³-hybridized carbons (Fsp3) is 0.667. The van der Waals surface area contributed by atoms with E-state index in [9.17, 15) is 0 Å². The smallest absolute Gasteiger partial charge is 0.213 e. The molecule has 0 bridgehead atoms. The minimum absolute atomic E-state index is 0.00392. The number of aromatic nitrogens is 1. The summed E-state index contributed by atoms with van der Waals surface area (Å²) < 4.78 is 5.81. The number of nitrogens with zero attached hydrogens (tertiary/aromatic N) is 2. The van der Waals surface area contributed by atoms with Crippen molar-refractivity contribution in [3.63, 3.8) is 0 Å². The molecule has 2 rings (SSSR count). The fourth-order valence-corrected chi connectivity index (χ4v) is 1.57. The number of pyridine rings is 1. The van der Waals surface area contributed by atoms with Gasteiger partial charge in [-0.25, -0.2) is 4.98 Å². The molecule has 1 aromatic heterocycles. The zero-order chi connectivity index (χ0) is 13.9. The topological polar surface area (TPSA) is 37.4 Å². The summed E-state index contributed by atoms with van der Waals surface area (Å²) in [6.45, 7) is 5.85. The van der Waals surface area contributed by atoms with Crippen molar-refractivity contribution in [2.45, 2.75) is 44.8 Å². The van der Waals surface area contributed by atoms with Crippen LogP contribution >= 0.6 is 0 Å². The molecule has 1 aliphatic rings. The summed E-state index contributed by atoms with van der Waals surface area (Å²) in [4.78, 5) is 6.43. The highest BCUT2D eigenvalue weighted by Crippen LogP contribution is 2.20. The molecule has 0 atom stereocenters. The Bertz CT molecular complexity index is 414. The van der Waals surface area contributed by atoms with Crippen molar-refractivity contribution in [2.75, 3.05) is 20.7 Å². The summed E-state index contributed by atoms with van der Waals surface area (Å²) in [5.41, 5.74) is 1.24. The van der Waals surface area contributed by atoms with Crippen molar-refractivity contribution in [1.82, 2.24) is 15.2 Å². The van der Waals surface area contributed by atoms with E-state index in [1.54, 1.807) is 0 Å². The van der Waals surface area contributed by atoms with Gasteiger partial charge in [-0.3, -0.25) is 0 Å². The van der Waals surface area contributed by atoms with E-state index in [4.69, 9.17) is 4.74 Å². The maximum Gasteiger partial charge on any atom is 0.213 e. The number of rotatable bonds is 7. The van der Waals surface area contributed by atoms with Crippen LogP contribution in [-0.4, -0.2) is 42.2 Å². The van der Waals surface area contributed by atoms with Crippen molar-refractivity contribution in [1.29, 1.82) is 0 Å². The number of ether oxygens (including phenoxy) is 1. The standard InChI is InChI=1S/C15H25N3O/c1-15(2,18(3)4)11-19-14-9-12(7-8-16-14)10-17-13-5-6-13/h7-9,13,17H,5-6,10-11H2,1-4H3. The first-order valence-electron chi connectivity index (χ1n) is 6.96. The molecule has 0 aliphatic heterocycles. The van der Waals surface area contributed by atoms with Crippen LogP contribution in [-0.2, 0) is 6.54 Å². The van der Waals surface area contributed by atoms with E-state index in [-0.39, 0.29) is 5.54 Å². The van der Waals surface area contributed by atoms with Gasteiger partial charge >= 0.3 is 0 Å². The van der Waals surface area contributed by atoms with Crippen LogP contribution in [0, 0.1) is 0 Å². The Balaban J connectivity index is 1.87. The molecule has 1 saturated carbocycles. The maximum absolute atomic E-state index is 5.81. The van der Waals surface area contributed by atoms with Gasteiger partial charge in [0.1, 0.15) is 6.61 Å². The molecular weight excluding hydrogens is 238 g/mol. The van der Waals surface area contributed by atoms with Crippen LogP contribution in [0.2, 0.25) is 0 Å². The Morgan fingerprint density at radius 3 is 2.79 bits per heavy atom. The number of likely N-dealkylation sites (N-methyl/N-ethyl adjacent to an activating group) is 1. The molecule has 1 fully saturated rings. The molecule has 19 heavy (non-hydrogen) atoms. The van der Waals surface area contributed by atoms with Crippen LogP contribution in [0.15, 0.2) is 18.3 Å². The minimum atomic E-state index is 0.00392. The third kappa shape index (κ3) is 4.48. The van der Waals surface area contributed by atoms with E-state index in [2.05, 4.69) is 43.1 Å². The molecular formula is C15H25N3O. The molecule has 0 radical (unpaired) electrons. The maximum atomic E-state index is 5.81. The molecule has 106 valence electrons.